The Bertz CT molecular complexity index is 797. The quantitative estimate of drug-likeness (QED) is 0.534. The van der Waals surface area contributed by atoms with Gasteiger partial charge in [0.25, 0.3) is 5.95 Å². The standard InChI is InChI=1S/C10F17N3/c11-1-2(28-30-29-3(1)12)4(13,14)5(15,16)6(17,18)7(19,20)8(21,22)9(23,24)10(25,26)27. The number of aromatic nitrogens is 3. The van der Waals surface area contributed by atoms with Crippen molar-refractivity contribution in [1.29, 1.82) is 0 Å². The van der Waals surface area contributed by atoms with Crippen molar-refractivity contribution in [2.75, 3.05) is 0 Å². The Morgan fingerprint density at radius 2 is 0.833 bits per heavy atom. The lowest BCUT2D eigenvalue weighted by Gasteiger charge is -2.41. The Morgan fingerprint density at radius 3 is 1.23 bits per heavy atom. The Kier molecular flexibility index (Phi) is 5.74. The molecule has 1 aromatic heterocycles. The number of hydrogen-bond donors (Lipinski definition) is 0. The average Bonchev–Trinajstić information content (AvgIpc) is 2.55. The van der Waals surface area contributed by atoms with E-state index in [1.54, 1.807) is 5.10 Å². The summed E-state index contributed by atoms with van der Waals surface area (Å²) in [5, 5.41) is 5.32. The highest BCUT2D eigenvalue weighted by molar-refractivity contribution is 5.20. The van der Waals surface area contributed by atoms with Gasteiger partial charge < -0.3 is 0 Å². The molecule has 0 amide bonds. The molecule has 20 heteroatoms. The second-order valence-corrected chi connectivity index (χ2v) is 5.19. The minimum absolute atomic E-state index is 1.62. The number of rotatable bonds is 6. The highest BCUT2D eigenvalue weighted by Crippen LogP contribution is 2.63. The van der Waals surface area contributed by atoms with Gasteiger partial charge in [0.2, 0.25) is 5.82 Å². The summed E-state index contributed by atoms with van der Waals surface area (Å²) in [4.78, 5) is 0. The van der Waals surface area contributed by atoms with Gasteiger partial charge in [-0.2, -0.15) is 74.6 Å². The van der Waals surface area contributed by atoms with Crippen LogP contribution in [0.25, 0.3) is 0 Å². The van der Waals surface area contributed by atoms with Crippen LogP contribution in [0.4, 0.5) is 74.6 Å². The Labute approximate surface area is 150 Å². The molecule has 0 unspecified atom stereocenters. The highest BCUT2D eigenvalue weighted by Gasteiger charge is 2.93. The van der Waals surface area contributed by atoms with Crippen LogP contribution in [0.1, 0.15) is 5.69 Å². The first-order chi connectivity index (χ1) is 12.9. The molecule has 1 aromatic rings. The zero-order valence-corrected chi connectivity index (χ0v) is 12.8. The third kappa shape index (κ3) is 3.08. The van der Waals surface area contributed by atoms with E-state index in [0.717, 1.165) is 0 Å². The fourth-order valence-corrected chi connectivity index (χ4v) is 1.61. The van der Waals surface area contributed by atoms with E-state index >= 15 is 0 Å². The second-order valence-electron chi connectivity index (χ2n) is 5.19. The van der Waals surface area contributed by atoms with E-state index in [9.17, 15) is 74.6 Å². The Morgan fingerprint density at radius 1 is 0.467 bits per heavy atom. The van der Waals surface area contributed by atoms with Crippen LogP contribution >= 0.6 is 0 Å². The summed E-state index contributed by atoms with van der Waals surface area (Å²) in [6.07, 6.45) is -7.75. The first kappa shape index (κ1) is 25.9. The SMILES string of the molecule is Fc1nnnc(C(F)(F)C(F)(F)C(F)(F)C(F)(F)C(F)(F)C(F)(F)C(F)(F)F)c1F. The van der Waals surface area contributed by atoms with Gasteiger partial charge >= 0.3 is 41.7 Å². The van der Waals surface area contributed by atoms with Gasteiger partial charge in [-0.25, -0.2) is 0 Å². The van der Waals surface area contributed by atoms with Gasteiger partial charge in [0.05, 0.1) is 0 Å². The maximum Gasteiger partial charge on any atom is 0.460 e. The highest BCUT2D eigenvalue weighted by atomic mass is 19.4. The van der Waals surface area contributed by atoms with E-state index in [1.807, 2.05) is 10.3 Å². The van der Waals surface area contributed by atoms with Gasteiger partial charge in [0, 0.05) is 0 Å². The van der Waals surface area contributed by atoms with Gasteiger partial charge in [0.15, 0.2) is 5.69 Å². The Hall–Kier alpha value is -2.18. The summed E-state index contributed by atoms with van der Waals surface area (Å²) >= 11 is 0. The van der Waals surface area contributed by atoms with Crippen LogP contribution in [-0.4, -0.2) is 51.2 Å². The molecule has 0 spiro atoms. The van der Waals surface area contributed by atoms with Crippen molar-refractivity contribution in [2.24, 2.45) is 0 Å². The number of hydrogen-bond acceptors (Lipinski definition) is 3. The predicted molar refractivity (Wildman–Crippen MR) is 54.4 cm³/mol. The molecule has 0 saturated heterocycles. The largest absolute Gasteiger partial charge is 0.460 e. The van der Waals surface area contributed by atoms with Crippen LogP contribution in [-0.2, 0) is 5.92 Å². The lowest BCUT2D eigenvalue weighted by atomic mass is 9.90. The van der Waals surface area contributed by atoms with Crippen LogP contribution in [0.2, 0.25) is 0 Å². The number of alkyl halides is 15. The van der Waals surface area contributed by atoms with Gasteiger partial charge in [-0.3, -0.25) is 0 Å². The molecule has 0 aromatic carbocycles. The average molecular weight is 485 g/mol. The molecule has 0 aliphatic heterocycles. The Balaban J connectivity index is 3.72. The number of halogens is 17. The van der Waals surface area contributed by atoms with E-state index in [1.165, 1.54) is 0 Å². The molecular formula is C10F17N3. The van der Waals surface area contributed by atoms with Crippen molar-refractivity contribution >= 4 is 0 Å². The molecule has 0 N–H and O–H groups in total. The maximum absolute atomic E-state index is 13.6. The molecule has 0 saturated carbocycles. The van der Waals surface area contributed by atoms with Crippen LogP contribution < -0.4 is 0 Å². The lowest BCUT2D eigenvalue weighted by molar-refractivity contribution is -0.454. The van der Waals surface area contributed by atoms with Crippen LogP contribution in [0.3, 0.4) is 0 Å². The minimum Gasteiger partial charge on any atom is -0.199 e. The summed E-state index contributed by atoms with van der Waals surface area (Å²) in [6.45, 7) is 0. The van der Waals surface area contributed by atoms with E-state index in [-0.39, 0.29) is 0 Å². The van der Waals surface area contributed by atoms with Crippen LogP contribution in [0.5, 0.6) is 0 Å². The van der Waals surface area contributed by atoms with E-state index in [4.69, 9.17) is 0 Å². The van der Waals surface area contributed by atoms with Crippen molar-refractivity contribution in [1.82, 2.24) is 15.4 Å². The van der Waals surface area contributed by atoms with E-state index in [2.05, 4.69) is 0 Å². The monoisotopic (exact) mass is 485 g/mol. The molecule has 0 radical (unpaired) electrons. The predicted octanol–water partition coefficient (Wildman–Crippen LogP) is 4.98. The summed E-state index contributed by atoms with van der Waals surface area (Å²) in [6, 6.07) is 0. The van der Waals surface area contributed by atoms with Gasteiger partial charge in [-0.15, -0.1) is 5.10 Å². The van der Waals surface area contributed by atoms with Crippen molar-refractivity contribution in [2.45, 2.75) is 41.7 Å². The molecule has 0 fully saturated rings. The van der Waals surface area contributed by atoms with Crippen LogP contribution in [0, 0.1) is 11.8 Å². The first-order valence-corrected chi connectivity index (χ1v) is 6.31. The third-order valence-electron chi connectivity index (χ3n) is 3.29. The summed E-state index contributed by atoms with van der Waals surface area (Å²) in [7, 11) is 0. The molecular weight excluding hydrogens is 485 g/mol. The molecule has 0 aliphatic carbocycles. The fourth-order valence-electron chi connectivity index (χ4n) is 1.61. The van der Waals surface area contributed by atoms with E-state index in [0.29, 0.717) is 0 Å². The zero-order chi connectivity index (χ0) is 24.4. The lowest BCUT2D eigenvalue weighted by Crippen LogP contribution is -2.72. The van der Waals surface area contributed by atoms with Crippen molar-refractivity contribution in [3.63, 3.8) is 0 Å². The number of nitrogens with zero attached hydrogens (tertiary/aromatic N) is 3. The van der Waals surface area contributed by atoms with E-state index < -0.39 is 59.2 Å². The second kappa shape index (κ2) is 6.66. The summed E-state index contributed by atoms with van der Waals surface area (Å²) in [5.74, 6) is -55.1. The fraction of sp³-hybridized carbons (Fsp3) is 0.700. The smallest absolute Gasteiger partial charge is 0.199 e. The van der Waals surface area contributed by atoms with Gasteiger partial charge in [-0.1, -0.05) is 5.10 Å². The van der Waals surface area contributed by atoms with Crippen molar-refractivity contribution in [3.05, 3.63) is 17.5 Å². The molecule has 3 nitrogen and oxygen atoms in total. The third-order valence-corrected chi connectivity index (χ3v) is 3.29. The zero-order valence-electron chi connectivity index (χ0n) is 12.8. The molecule has 0 bridgehead atoms. The van der Waals surface area contributed by atoms with Crippen molar-refractivity contribution in [3.8, 4) is 0 Å². The topological polar surface area (TPSA) is 38.7 Å². The van der Waals surface area contributed by atoms with Crippen molar-refractivity contribution < 1.29 is 74.6 Å². The molecule has 174 valence electrons. The van der Waals surface area contributed by atoms with Gasteiger partial charge in [-0.05, 0) is 5.21 Å². The minimum atomic E-state index is -8.55. The summed E-state index contributed by atoms with van der Waals surface area (Å²) in [5.41, 5.74) is -3.53. The molecule has 0 atom stereocenters. The summed E-state index contributed by atoms with van der Waals surface area (Å²) < 4.78 is 220. The molecule has 30 heavy (non-hydrogen) atoms. The molecule has 1 heterocycles. The van der Waals surface area contributed by atoms with Crippen LogP contribution in [0.15, 0.2) is 0 Å². The molecule has 0 aliphatic rings. The van der Waals surface area contributed by atoms with Gasteiger partial charge in [0.1, 0.15) is 0 Å². The molecule has 1 rings (SSSR count). The normalized spacial score (nSPS) is 15.5. The maximum atomic E-state index is 13.6. The first-order valence-electron chi connectivity index (χ1n) is 6.31.